The third-order valence-electron chi connectivity index (χ3n) is 11.9. The number of nitrogens with one attached hydrogen (secondary N) is 3. The maximum Gasteiger partial charge on any atom is 0.405 e. The molecule has 0 unspecified atom stereocenters. The van der Waals surface area contributed by atoms with E-state index in [4.69, 9.17) is 0 Å². The van der Waals surface area contributed by atoms with Gasteiger partial charge in [0.25, 0.3) is 5.91 Å². The molecule has 62 heavy (non-hydrogen) atoms. The van der Waals surface area contributed by atoms with E-state index in [9.17, 15) is 29.4 Å². The van der Waals surface area contributed by atoms with Gasteiger partial charge in [0.05, 0.1) is 17.7 Å². The fourth-order valence-corrected chi connectivity index (χ4v) is 7.97. The van der Waals surface area contributed by atoms with E-state index in [2.05, 4.69) is 26.0 Å². The second-order valence-corrected chi connectivity index (χ2v) is 16.2. The monoisotopic (exact) mass is 842 g/mol. The number of hydrogen-bond donors (Lipinski definition) is 5. The number of amides is 5. The number of aliphatic hydroxyl groups is 1. The number of benzene rings is 3. The predicted molar refractivity (Wildman–Crippen MR) is 238 cm³/mol. The summed E-state index contributed by atoms with van der Waals surface area (Å²) in [5, 5.41) is 29.8. The van der Waals surface area contributed by atoms with Gasteiger partial charge in [-0.3, -0.25) is 25.0 Å². The number of hydrogen-bond acceptors (Lipinski definition) is 8. The molecule has 0 radical (unpaired) electrons. The number of carbonyl (C=O) groups excluding carboxylic acids is 3. The van der Waals surface area contributed by atoms with Gasteiger partial charge in [-0.15, -0.1) is 0 Å². The lowest BCUT2D eigenvalue weighted by Gasteiger charge is -2.35. The molecule has 0 spiro atoms. The molecule has 0 saturated carbocycles. The quantitative estimate of drug-likeness (QED) is 0.0566. The molecule has 3 aromatic carbocycles. The maximum absolute atomic E-state index is 14.6. The molecule has 5 N–H and O–H groups in total. The van der Waals surface area contributed by atoms with Crippen molar-refractivity contribution in [3.05, 3.63) is 132 Å². The molecule has 5 amide bonds. The van der Waals surface area contributed by atoms with Crippen molar-refractivity contribution in [3.8, 4) is 11.1 Å². The van der Waals surface area contributed by atoms with Crippen LogP contribution in [0.15, 0.2) is 116 Å². The average Bonchev–Trinajstić information content (AvgIpc) is 3.63. The Morgan fingerprint density at radius 3 is 2.21 bits per heavy atom. The summed E-state index contributed by atoms with van der Waals surface area (Å²) in [7, 11) is 0. The summed E-state index contributed by atoms with van der Waals surface area (Å²) in [6.45, 7) is 8.81. The number of carboxylic acid groups (broad SMARTS) is 1. The Kier molecular flexibility index (Phi) is 15.6. The molecule has 0 bridgehead atoms. The summed E-state index contributed by atoms with van der Waals surface area (Å²) in [6.07, 6.45) is 4.10. The molecule has 3 heterocycles. The van der Waals surface area contributed by atoms with Gasteiger partial charge in [0.15, 0.2) is 0 Å². The van der Waals surface area contributed by atoms with Gasteiger partial charge in [-0.25, -0.2) is 14.6 Å². The maximum atomic E-state index is 14.6. The fourth-order valence-electron chi connectivity index (χ4n) is 7.97. The van der Waals surface area contributed by atoms with Gasteiger partial charge in [-0.2, -0.15) is 0 Å². The van der Waals surface area contributed by atoms with Gasteiger partial charge in [0.2, 0.25) is 5.91 Å². The molecule has 2 aromatic heterocycles. The number of carbonyl (C=O) groups is 4. The molecule has 14 heteroatoms. The number of pyridine rings is 2. The molecule has 0 aliphatic carbocycles. The van der Waals surface area contributed by atoms with Gasteiger partial charge >= 0.3 is 12.1 Å². The first-order chi connectivity index (χ1) is 29.9. The van der Waals surface area contributed by atoms with Crippen LogP contribution in [-0.2, 0) is 29.1 Å². The summed E-state index contributed by atoms with van der Waals surface area (Å²) in [5.74, 6) is -1.49. The van der Waals surface area contributed by atoms with Gasteiger partial charge in [-0.05, 0) is 64.3 Å². The summed E-state index contributed by atoms with van der Waals surface area (Å²) >= 11 is 0. The molecule has 5 aromatic rings. The second kappa shape index (κ2) is 21.4. The Labute approximate surface area is 363 Å². The van der Waals surface area contributed by atoms with Crippen molar-refractivity contribution in [1.29, 1.82) is 0 Å². The SMILES string of the molecule is CC[C@H](C)[C@H](NC(=O)O)C(=O)NN(Cc1ccc(-c2cccnc2)cc1)C[C@H](O)[C@H](Cc1ccccc1)NC(=O)[C@H]([C@@H](C)CC)N1CCN(Cc2ccnc3ccccc23)C1=O. The van der Waals surface area contributed by atoms with Crippen LogP contribution in [0.2, 0.25) is 0 Å². The Morgan fingerprint density at radius 1 is 0.790 bits per heavy atom. The lowest BCUT2D eigenvalue weighted by Crippen LogP contribution is -2.59. The van der Waals surface area contributed by atoms with Crippen LogP contribution in [0.25, 0.3) is 22.0 Å². The molecule has 14 nitrogen and oxygen atoms in total. The third kappa shape index (κ3) is 11.5. The Bertz CT molecular complexity index is 2260. The number of fused-ring (bicyclic) bond motifs is 1. The van der Waals surface area contributed by atoms with E-state index < -0.39 is 36.2 Å². The molecule has 326 valence electrons. The predicted octanol–water partition coefficient (Wildman–Crippen LogP) is 6.25. The first-order valence-electron chi connectivity index (χ1n) is 21.4. The summed E-state index contributed by atoms with van der Waals surface area (Å²) < 4.78 is 0. The zero-order chi connectivity index (χ0) is 44.2. The standard InChI is InChI=1S/C48H58N8O6/c1-5-32(3)43(52-47(60)61)45(58)53-55(29-35-18-20-36(21-19-35)37-15-12-23-49-28-37)31-42(57)41(27-34-13-8-7-9-14-34)51-46(59)44(33(4)6-2)56-26-25-54(48(56)62)30-38-22-24-50-40-17-11-10-16-39(38)40/h7-24,28,32-33,41-44,52,57H,5-6,25-27,29-31H2,1-4H3,(H,51,59)(H,53,58)(H,60,61)/t32-,33-,41-,42-,43-,44-/m0/s1. The van der Waals surface area contributed by atoms with Crippen molar-refractivity contribution in [3.63, 3.8) is 0 Å². The smallest absolute Gasteiger partial charge is 0.405 e. The Morgan fingerprint density at radius 2 is 1.52 bits per heavy atom. The number of para-hydroxylation sites is 1. The Hall–Kier alpha value is -6.38. The molecule has 6 atom stereocenters. The van der Waals surface area contributed by atoms with Crippen LogP contribution < -0.4 is 16.1 Å². The number of rotatable bonds is 20. The van der Waals surface area contributed by atoms with Crippen LogP contribution in [-0.4, -0.2) is 103 Å². The van der Waals surface area contributed by atoms with Crippen molar-refractivity contribution in [2.75, 3.05) is 19.6 Å². The van der Waals surface area contributed by atoms with Crippen LogP contribution in [0.4, 0.5) is 9.59 Å². The Balaban J connectivity index is 1.25. The van der Waals surface area contributed by atoms with Crippen molar-refractivity contribution >= 4 is 34.8 Å². The van der Waals surface area contributed by atoms with E-state index in [-0.39, 0.29) is 43.3 Å². The van der Waals surface area contributed by atoms with Crippen molar-refractivity contribution < 1.29 is 29.4 Å². The molecular formula is C48H58N8O6. The van der Waals surface area contributed by atoms with Crippen LogP contribution in [0.1, 0.15) is 57.2 Å². The van der Waals surface area contributed by atoms with Gasteiger partial charge in [0.1, 0.15) is 12.1 Å². The van der Waals surface area contributed by atoms with Crippen molar-refractivity contribution in [2.45, 2.75) is 84.3 Å². The number of aromatic nitrogens is 2. The first-order valence-corrected chi connectivity index (χ1v) is 21.4. The van der Waals surface area contributed by atoms with Crippen LogP contribution >= 0.6 is 0 Å². The lowest BCUT2D eigenvalue weighted by atomic mass is 9.95. The highest BCUT2D eigenvalue weighted by Gasteiger charge is 2.41. The lowest BCUT2D eigenvalue weighted by molar-refractivity contribution is -0.132. The van der Waals surface area contributed by atoms with Crippen LogP contribution in [0, 0.1) is 11.8 Å². The second-order valence-electron chi connectivity index (χ2n) is 16.2. The van der Waals surface area contributed by atoms with E-state index in [1.165, 1.54) is 0 Å². The van der Waals surface area contributed by atoms with Gasteiger partial charge in [0, 0.05) is 56.7 Å². The van der Waals surface area contributed by atoms with Crippen molar-refractivity contribution in [2.24, 2.45) is 11.8 Å². The normalized spacial score (nSPS) is 15.7. The highest BCUT2D eigenvalue weighted by molar-refractivity contribution is 5.89. The zero-order valence-electron chi connectivity index (χ0n) is 35.9. The summed E-state index contributed by atoms with van der Waals surface area (Å²) in [4.78, 5) is 66.5. The van der Waals surface area contributed by atoms with Gasteiger partial charge in [-0.1, -0.05) is 119 Å². The van der Waals surface area contributed by atoms with Gasteiger partial charge < -0.3 is 30.6 Å². The molecule has 6 rings (SSSR count). The minimum absolute atomic E-state index is 0.127. The van der Waals surface area contributed by atoms with E-state index in [1.807, 2.05) is 118 Å². The molecular weight excluding hydrogens is 785 g/mol. The van der Waals surface area contributed by atoms with E-state index in [1.54, 1.807) is 40.3 Å². The average molecular weight is 843 g/mol. The van der Waals surface area contributed by atoms with Crippen molar-refractivity contribution in [1.82, 2.24) is 40.8 Å². The molecule has 1 saturated heterocycles. The van der Waals surface area contributed by atoms with E-state index >= 15 is 0 Å². The third-order valence-corrected chi connectivity index (χ3v) is 11.9. The molecule has 1 aliphatic rings. The number of aliphatic hydroxyl groups excluding tert-OH is 1. The molecule has 1 aliphatic heterocycles. The number of urea groups is 1. The van der Waals surface area contributed by atoms with E-state index in [0.29, 0.717) is 32.5 Å². The highest BCUT2D eigenvalue weighted by Crippen LogP contribution is 2.26. The van der Waals surface area contributed by atoms with E-state index in [0.717, 1.165) is 38.7 Å². The van der Waals surface area contributed by atoms with Crippen LogP contribution in [0.3, 0.4) is 0 Å². The highest BCUT2D eigenvalue weighted by atomic mass is 16.4. The topological polar surface area (TPSA) is 180 Å². The van der Waals surface area contributed by atoms with Crippen LogP contribution in [0.5, 0.6) is 0 Å². The minimum Gasteiger partial charge on any atom is -0.465 e. The zero-order valence-corrected chi connectivity index (χ0v) is 35.9. The minimum atomic E-state index is -1.32. The number of hydrazine groups is 1. The fraction of sp³-hybridized carbons (Fsp3) is 0.375. The summed E-state index contributed by atoms with van der Waals surface area (Å²) in [5.41, 5.74) is 8.28. The first kappa shape index (κ1) is 45.2. The largest absolute Gasteiger partial charge is 0.465 e. The summed E-state index contributed by atoms with van der Waals surface area (Å²) in [6, 6.07) is 27.8. The number of nitrogens with zero attached hydrogens (tertiary/aromatic N) is 5. The molecule has 1 fully saturated rings.